The van der Waals surface area contributed by atoms with Gasteiger partial charge in [-0.2, -0.15) is 0 Å². The summed E-state index contributed by atoms with van der Waals surface area (Å²) in [5.74, 6) is -0.295. The van der Waals surface area contributed by atoms with Crippen LogP contribution in [-0.2, 0) is 4.57 Å². The van der Waals surface area contributed by atoms with Gasteiger partial charge in [0.25, 0.3) is 0 Å². The van der Waals surface area contributed by atoms with Gasteiger partial charge in [0.15, 0.2) is 7.14 Å². The molecule has 0 saturated heterocycles. The molecule has 0 aliphatic carbocycles. The van der Waals surface area contributed by atoms with Gasteiger partial charge in [-0.25, -0.2) is 4.39 Å². The van der Waals surface area contributed by atoms with E-state index in [-0.39, 0.29) is 5.82 Å². The van der Waals surface area contributed by atoms with E-state index in [4.69, 9.17) is 0 Å². The van der Waals surface area contributed by atoms with Crippen LogP contribution in [0, 0.1) is 19.7 Å². The summed E-state index contributed by atoms with van der Waals surface area (Å²) in [5.41, 5.74) is 1.44. The van der Waals surface area contributed by atoms with Crippen molar-refractivity contribution in [2.45, 2.75) is 13.8 Å². The van der Waals surface area contributed by atoms with Crippen LogP contribution in [0.2, 0.25) is 0 Å². The van der Waals surface area contributed by atoms with Crippen LogP contribution in [0.1, 0.15) is 11.1 Å². The number of hydrogen-bond acceptors (Lipinski definition) is 1. The molecule has 3 aromatic carbocycles. The molecule has 1 nitrogen and oxygen atoms in total. The van der Waals surface area contributed by atoms with Gasteiger partial charge in [-0.1, -0.05) is 60.7 Å². The molecule has 0 aliphatic rings. The maximum atomic E-state index is 14.2. The maximum Gasteiger partial charge on any atom is 0.171 e. The topological polar surface area (TPSA) is 17.1 Å². The molecule has 0 radical (unpaired) electrons. The largest absolute Gasteiger partial charge is 0.309 e. The summed E-state index contributed by atoms with van der Waals surface area (Å²) in [7, 11) is -3.04. The average Bonchev–Trinajstić information content (AvgIpc) is 2.55. The van der Waals surface area contributed by atoms with E-state index >= 15 is 0 Å². The Morgan fingerprint density at radius 1 is 0.739 bits per heavy atom. The van der Waals surface area contributed by atoms with Crippen molar-refractivity contribution in [2.75, 3.05) is 0 Å². The minimum atomic E-state index is -3.04. The minimum absolute atomic E-state index is 0.295. The Kier molecular flexibility index (Phi) is 4.19. The van der Waals surface area contributed by atoms with Gasteiger partial charge in [0.05, 0.1) is 0 Å². The Morgan fingerprint density at radius 2 is 1.13 bits per heavy atom. The molecule has 0 heterocycles. The summed E-state index contributed by atoms with van der Waals surface area (Å²) < 4.78 is 28.0. The van der Waals surface area contributed by atoms with Gasteiger partial charge in [0.1, 0.15) is 5.82 Å². The van der Waals surface area contributed by atoms with Gasteiger partial charge in [-0.15, -0.1) is 0 Å². The van der Waals surface area contributed by atoms with Gasteiger partial charge >= 0.3 is 0 Å². The van der Waals surface area contributed by atoms with Crippen molar-refractivity contribution >= 4 is 23.1 Å². The quantitative estimate of drug-likeness (QED) is 0.664. The van der Waals surface area contributed by atoms with E-state index in [0.717, 1.165) is 27.0 Å². The Balaban J connectivity index is 2.38. The molecule has 0 spiro atoms. The van der Waals surface area contributed by atoms with Crippen molar-refractivity contribution in [1.82, 2.24) is 0 Å². The standard InChI is InChI=1S/C20H18FOP/c1-15-13-17(21)14-16(2)20(15)23(22,18-9-5-3-6-10-18)19-11-7-4-8-12-19/h3-14H,1-2H3. The summed E-state index contributed by atoms with van der Waals surface area (Å²) in [4.78, 5) is 0. The molecule has 3 heteroatoms. The van der Waals surface area contributed by atoms with Gasteiger partial charge in [-0.3, -0.25) is 0 Å². The lowest BCUT2D eigenvalue weighted by Gasteiger charge is -2.23. The molecule has 3 rings (SSSR count). The normalized spacial score (nSPS) is 11.4. The molecule has 0 bridgehead atoms. The van der Waals surface area contributed by atoms with E-state index in [0.29, 0.717) is 0 Å². The van der Waals surface area contributed by atoms with Gasteiger partial charge < -0.3 is 4.57 Å². The highest BCUT2D eigenvalue weighted by atomic mass is 31.2. The fraction of sp³-hybridized carbons (Fsp3) is 0.100. The number of halogens is 1. The Morgan fingerprint density at radius 3 is 1.52 bits per heavy atom. The molecule has 0 aliphatic heterocycles. The SMILES string of the molecule is Cc1cc(F)cc(C)c1P(=O)(c1ccccc1)c1ccccc1. The highest BCUT2D eigenvalue weighted by Crippen LogP contribution is 2.44. The molecule has 0 N–H and O–H groups in total. The smallest absolute Gasteiger partial charge is 0.171 e. The van der Waals surface area contributed by atoms with Crippen LogP contribution in [0.5, 0.6) is 0 Å². The van der Waals surface area contributed by atoms with Crippen LogP contribution in [-0.4, -0.2) is 0 Å². The molecule has 116 valence electrons. The monoisotopic (exact) mass is 324 g/mol. The fourth-order valence-corrected chi connectivity index (χ4v) is 6.20. The van der Waals surface area contributed by atoms with Crippen LogP contribution in [0.3, 0.4) is 0 Å². The summed E-state index contributed by atoms with van der Waals surface area (Å²) in [6.07, 6.45) is 0. The van der Waals surface area contributed by atoms with E-state index in [1.807, 2.05) is 74.5 Å². The summed E-state index contributed by atoms with van der Waals surface area (Å²) in [6, 6.07) is 21.8. The van der Waals surface area contributed by atoms with Crippen LogP contribution in [0.25, 0.3) is 0 Å². The average molecular weight is 324 g/mol. The molecule has 23 heavy (non-hydrogen) atoms. The summed E-state index contributed by atoms with van der Waals surface area (Å²) in [6.45, 7) is 3.65. The first-order valence-corrected chi connectivity index (χ1v) is 9.23. The predicted molar refractivity (Wildman–Crippen MR) is 95.3 cm³/mol. The van der Waals surface area contributed by atoms with Crippen molar-refractivity contribution in [3.05, 3.63) is 89.7 Å². The maximum absolute atomic E-state index is 14.2. The predicted octanol–water partition coefficient (Wildman–Crippen LogP) is 4.08. The van der Waals surface area contributed by atoms with Crippen molar-refractivity contribution in [3.63, 3.8) is 0 Å². The Labute approximate surface area is 136 Å². The van der Waals surface area contributed by atoms with Gasteiger partial charge in [-0.05, 0) is 37.1 Å². The zero-order chi connectivity index (χ0) is 16.4. The second kappa shape index (κ2) is 6.14. The summed E-state index contributed by atoms with van der Waals surface area (Å²) >= 11 is 0. The summed E-state index contributed by atoms with van der Waals surface area (Å²) in [5, 5.41) is 2.27. The third-order valence-electron chi connectivity index (χ3n) is 4.01. The highest BCUT2D eigenvalue weighted by Gasteiger charge is 2.32. The molecule has 0 aromatic heterocycles. The number of benzene rings is 3. The van der Waals surface area contributed by atoms with Crippen molar-refractivity contribution in [2.24, 2.45) is 0 Å². The van der Waals surface area contributed by atoms with Crippen molar-refractivity contribution in [1.29, 1.82) is 0 Å². The lowest BCUT2D eigenvalue weighted by molar-refractivity contribution is 0.592. The first-order valence-electron chi connectivity index (χ1n) is 7.52. The van der Waals surface area contributed by atoms with E-state index in [2.05, 4.69) is 0 Å². The van der Waals surface area contributed by atoms with E-state index in [1.54, 1.807) is 0 Å². The molecule has 0 saturated carbocycles. The fourth-order valence-electron chi connectivity index (χ4n) is 3.08. The molecular formula is C20H18FOP. The second-order valence-electron chi connectivity index (χ2n) is 5.67. The minimum Gasteiger partial charge on any atom is -0.309 e. The molecule has 0 unspecified atom stereocenters. The zero-order valence-corrected chi connectivity index (χ0v) is 14.1. The molecule has 0 atom stereocenters. The molecule has 3 aromatic rings. The lowest BCUT2D eigenvalue weighted by Crippen LogP contribution is -2.28. The van der Waals surface area contributed by atoms with Crippen molar-refractivity contribution in [3.8, 4) is 0 Å². The van der Waals surface area contributed by atoms with Crippen LogP contribution in [0.15, 0.2) is 72.8 Å². The first-order chi connectivity index (χ1) is 11.0. The lowest BCUT2D eigenvalue weighted by atomic mass is 10.1. The second-order valence-corrected chi connectivity index (χ2v) is 8.37. The van der Waals surface area contributed by atoms with E-state index in [9.17, 15) is 8.96 Å². The Hall–Kier alpha value is -2.18. The van der Waals surface area contributed by atoms with Crippen molar-refractivity contribution < 1.29 is 8.96 Å². The van der Waals surface area contributed by atoms with Gasteiger partial charge in [0, 0.05) is 15.9 Å². The first kappa shape index (κ1) is 15.7. The van der Waals surface area contributed by atoms with Crippen LogP contribution in [0.4, 0.5) is 4.39 Å². The van der Waals surface area contributed by atoms with Gasteiger partial charge in [0.2, 0.25) is 0 Å². The number of aryl methyl sites for hydroxylation is 2. The van der Waals surface area contributed by atoms with E-state index < -0.39 is 7.14 Å². The van der Waals surface area contributed by atoms with E-state index in [1.165, 1.54) is 12.1 Å². The third-order valence-corrected chi connectivity index (χ3v) is 7.40. The molecule has 0 fully saturated rings. The molecular weight excluding hydrogens is 306 g/mol. The molecule has 0 amide bonds. The van der Waals surface area contributed by atoms with Crippen LogP contribution >= 0.6 is 7.14 Å². The number of rotatable bonds is 3. The highest BCUT2D eigenvalue weighted by molar-refractivity contribution is 7.85. The Bertz CT molecular complexity index is 806. The zero-order valence-electron chi connectivity index (χ0n) is 13.2. The third kappa shape index (κ3) is 2.75. The van der Waals surface area contributed by atoms with Crippen LogP contribution < -0.4 is 15.9 Å². The number of hydrogen-bond donors (Lipinski definition) is 0.